The van der Waals surface area contributed by atoms with E-state index < -0.39 is 30.7 Å². The van der Waals surface area contributed by atoms with Gasteiger partial charge in [-0.1, -0.05) is 24.3 Å². The quantitative estimate of drug-likeness (QED) is 0.274. The Morgan fingerprint density at radius 2 is 1.94 bits per heavy atom. The molecule has 31 heavy (non-hydrogen) atoms. The number of anilines is 1. The van der Waals surface area contributed by atoms with Crippen LogP contribution in [0.3, 0.4) is 0 Å². The van der Waals surface area contributed by atoms with Crippen molar-refractivity contribution in [1.29, 1.82) is 0 Å². The van der Waals surface area contributed by atoms with Crippen molar-refractivity contribution < 1.29 is 29.9 Å². The van der Waals surface area contributed by atoms with E-state index in [2.05, 4.69) is 15.6 Å². The highest BCUT2D eigenvalue weighted by atomic mass is 32.1. The number of carboxylic acids is 1. The molecule has 1 atom stereocenters. The molecule has 0 saturated carbocycles. The summed E-state index contributed by atoms with van der Waals surface area (Å²) in [7, 11) is -1.92. The van der Waals surface area contributed by atoms with Gasteiger partial charge in [0.25, 0.3) is 5.91 Å². The Balaban J connectivity index is 1.70. The Kier molecular flexibility index (Phi) is 7.24. The number of hydrogen-bond donors (Lipinski definition) is 6. The molecule has 0 spiro atoms. The highest BCUT2D eigenvalue weighted by Crippen LogP contribution is 2.24. The number of carbonyl (C=O) groups is 2. The van der Waals surface area contributed by atoms with Gasteiger partial charge in [-0.15, -0.1) is 11.3 Å². The Bertz CT molecular complexity index is 1060. The molecule has 0 radical (unpaired) electrons. The Labute approximate surface area is 182 Å². The van der Waals surface area contributed by atoms with Gasteiger partial charge in [0.1, 0.15) is 11.3 Å². The average molecular weight is 441 g/mol. The van der Waals surface area contributed by atoms with E-state index in [1.165, 1.54) is 29.5 Å². The van der Waals surface area contributed by atoms with E-state index in [-0.39, 0.29) is 17.5 Å². The number of aromatic nitrogens is 1. The minimum Gasteiger partial charge on any atom is -0.507 e. The first kappa shape index (κ1) is 22.3. The second-order valence-corrected chi connectivity index (χ2v) is 7.60. The van der Waals surface area contributed by atoms with Crippen molar-refractivity contribution in [2.75, 3.05) is 5.32 Å². The van der Waals surface area contributed by atoms with Crippen LogP contribution in [0.5, 0.6) is 5.75 Å². The molecule has 0 bridgehead atoms. The highest BCUT2D eigenvalue weighted by Gasteiger charge is 2.28. The number of aromatic carboxylic acids is 1. The molecule has 0 saturated heterocycles. The number of nitrogens with one attached hydrogen (secondary N) is 2. The van der Waals surface area contributed by atoms with Gasteiger partial charge in [-0.05, 0) is 35.7 Å². The molecular weight excluding hydrogens is 421 g/mol. The molecule has 160 valence electrons. The van der Waals surface area contributed by atoms with E-state index >= 15 is 0 Å². The zero-order chi connectivity index (χ0) is 22.4. The molecule has 0 aliphatic heterocycles. The van der Waals surface area contributed by atoms with Crippen molar-refractivity contribution in [3.63, 3.8) is 0 Å². The molecule has 9 nitrogen and oxygen atoms in total. The third-order valence-corrected chi connectivity index (χ3v) is 5.26. The fraction of sp³-hybridized carbons (Fsp3) is 0.150. The molecule has 0 aliphatic rings. The van der Waals surface area contributed by atoms with Crippen LogP contribution in [-0.2, 0) is 13.0 Å². The molecule has 0 fully saturated rings. The topological polar surface area (TPSA) is 152 Å². The van der Waals surface area contributed by atoms with Crippen LogP contribution in [0.15, 0.2) is 54.0 Å². The van der Waals surface area contributed by atoms with Gasteiger partial charge in [0.05, 0.1) is 5.94 Å². The number of rotatable bonds is 9. The van der Waals surface area contributed by atoms with E-state index in [0.717, 1.165) is 10.7 Å². The number of thiazole rings is 1. The van der Waals surface area contributed by atoms with Crippen LogP contribution in [0.4, 0.5) is 5.13 Å². The van der Waals surface area contributed by atoms with Crippen LogP contribution in [0.1, 0.15) is 31.8 Å². The van der Waals surface area contributed by atoms with Crippen LogP contribution < -0.4 is 10.6 Å². The number of nitrogens with zero attached hydrogens (tertiary/aromatic N) is 1. The molecule has 2 aromatic carbocycles. The predicted octanol–water partition coefficient (Wildman–Crippen LogP) is 1.51. The molecule has 11 heteroatoms. The van der Waals surface area contributed by atoms with Gasteiger partial charge < -0.3 is 30.9 Å². The van der Waals surface area contributed by atoms with Gasteiger partial charge in [-0.3, -0.25) is 4.79 Å². The van der Waals surface area contributed by atoms with Gasteiger partial charge in [0, 0.05) is 23.7 Å². The zero-order valence-electron chi connectivity index (χ0n) is 16.2. The molecule has 3 aromatic rings. The third kappa shape index (κ3) is 5.82. The Morgan fingerprint density at radius 1 is 1.16 bits per heavy atom. The molecule has 0 aliphatic carbocycles. The molecule has 3 rings (SSSR count). The fourth-order valence-corrected chi connectivity index (χ4v) is 3.49. The number of para-hydroxylation sites is 1. The van der Waals surface area contributed by atoms with Gasteiger partial charge in [0.15, 0.2) is 5.13 Å². The van der Waals surface area contributed by atoms with Crippen LogP contribution >= 0.6 is 11.3 Å². The second kappa shape index (κ2) is 10.1. The predicted molar refractivity (Wildman–Crippen MR) is 116 cm³/mol. The first-order valence-corrected chi connectivity index (χ1v) is 10.2. The van der Waals surface area contributed by atoms with Crippen molar-refractivity contribution >= 4 is 35.5 Å². The van der Waals surface area contributed by atoms with E-state index in [1.54, 1.807) is 24.4 Å². The number of amides is 1. The molecule has 1 unspecified atom stereocenters. The van der Waals surface area contributed by atoms with Crippen molar-refractivity contribution in [2.45, 2.75) is 18.9 Å². The van der Waals surface area contributed by atoms with Gasteiger partial charge in [-0.2, -0.15) is 0 Å². The number of hydrogen-bond acceptors (Lipinski definition) is 8. The smallest absolute Gasteiger partial charge is 0.475 e. The normalized spacial score (nSPS) is 11.5. The first-order chi connectivity index (χ1) is 14.8. The summed E-state index contributed by atoms with van der Waals surface area (Å²) >= 11 is 1.45. The van der Waals surface area contributed by atoms with Crippen LogP contribution in [-0.4, -0.2) is 50.2 Å². The van der Waals surface area contributed by atoms with E-state index in [1.807, 2.05) is 11.4 Å². The van der Waals surface area contributed by atoms with Crippen molar-refractivity contribution in [3.05, 3.63) is 76.3 Å². The molecular formula is C20H20BN3O6S. The summed E-state index contributed by atoms with van der Waals surface area (Å²) in [4.78, 5) is 28.0. The average Bonchev–Trinajstić information content (AvgIpc) is 3.26. The largest absolute Gasteiger partial charge is 0.507 e. The maximum Gasteiger partial charge on any atom is 0.475 e. The highest BCUT2D eigenvalue weighted by molar-refractivity contribution is 7.13. The van der Waals surface area contributed by atoms with Crippen LogP contribution in [0.2, 0.25) is 0 Å². The minimum atomic E-state index is -1.92. The molecule has 1 aromatic heterocycles. The minimum absolute atomic E-state index is 0.166. The summed E-state index contributed by atoms with van der Waals surface area (Å²) in [5.41, 5.74) is 0.999. The van der Waals surface area contributed by atoms with Crippen molar-refractivity contribution in [1.82, 2.24) is 10.3 Å². The monoisotopic (exact) mass is 441 g/mol. The van der Waals surface area contributed by atoms with E-state index in [9.17, 15) is 24.7 Å². The van der Waals surface area contributed by atoms with Gasteiger partial charge in [-0.25, -0.2) is 9.78 Å². The van der Waals surface area contributed by atoms with E-state index in [4.69, 9.17) is 5.11 Å². The summed E-state index contributed by atoms with van der Waals surface area (Å²) in [5.74, 6) is -3.50. The standard InChI is InChI=1S/C20H20BN3O6S/c25-17-13(4-2-6-15(17)19(27)28)10-16(21(29)30)24-18(26)14-5-1-3-12(9-14)11-23-20-22-7-8-31-20/h1-9,16,25,29-30H,10-11H2,(H,22,23)(H,24,26)(H,27,28). The number of phenols is 1. The Morgan fingerprint density at radius 3 is 2.61 bits per heavy atom. The SMILES string of the molecule is O=C(NC(Cc1cccc(C(=O)O)c1O)B(O)O)c1cccc(CNc2nccs2)c1. The lowest BCUT2D eigenvalue weighted by Gasteiger charge is -2.19. The summed E-state index contributed by atoms with van der Waals surface area (Å²) in [5, 5.41) is 46.9. The summed E-state index contributed by atoms with van der Waals surface area (Å²) in [6, 6.07) is 10.9. The molecule has 6 N–H and O–H groups in total. The molecule has 1 amide bonds. The zero-order valence-corrected chi connectivity index (χ0v) is 17.0. The fourth-order valence-electron chi connectivity index (χ4n) is 2.96. The van der Waals surface area contributed by atoms with Gasteiger partial charge in [0.2, 0.25) is 0 Å². The maximum atomic E-state index is 12.7. The summed E-state index contributed by atoms with van der Waals surface area (Å²) in [6.07, 6.45) is 1.50. The number of carbonyl (C=O) groups excluding carboxylic acids is 1. The second-order valence-electron chi connectivity index (χ2n) is 6.71. The summed E-state index contributed by atoms with van der Waals surface area (Å²) in [6.45, 7) is 0.455. The van der Waals surface area contributed by atoms with Crippen molar-refractivity contribution in [2.24, 2.45) is 0 Å². The first-order valence-electron chi connectivity index (χ1n) is 9.28. The third-order valence-electron chi connectivity index (χ3n) is 4.53. The lowest BCUT2D eigenvalue weighted by Crippen LogP contribution is -2.48. The van der Waals surface area contributed by atoms with Gasteiger partial charge >= 0.3 is 13.1 Å². The molecule has 1 heterocycles. The van der Waals surface area contributed by atoms with Crippen LogP contribution in [0, 0.1) is 0 Å². The van der Waals surface area contributed by atoms with Crippen LogP contribution in [0.25, 0.3) is 0 Å². The number of benzene rings is 2. The Hall–Kier alpha value is -3.41. The summed E-state index contributed by atoms with van der Waals surface area (Å²) < 4.78 is 0. The van der Waals surface area contributed by atoms with Crippen molar-refractivity contribution in [3.8, 4) is 5.75 Å². The van der Waals surface area contributed by atoms with E-state index in [0.29, 0.717) is 12.1 Å². The number of aromatic hydroxyl groups is 1. The number of carboxylic acid groups (broad SMARTS) is 1. The lowest BCUT2D eigenvalue weighted by atomic mass is 9.75. The maximum absolute atomic E-state index is 12.7. The lowest BCUT2D eigenvalue weighted by molar-refractivity contribution is 0.0693.